The summed E-state index contributed by atoms with van der Waals surface area (Å²) in [5.41, 5.74) is 1.74. The monoisotopic (exact) mass is 246 g/mol. The summed E-state index contributed by atoms with van der Waals surface area (Å²) in [6.45, 7) is 1.91. The molecular formula is C10H9BrF2. The van der Waals surface area contributed by atoms with Crippen LogP contribution in [0.5, 0.6) is 0 Å². The molecule has 0 aromatic heterocycles. The minimum absolute atomic E-state index is 0.677. The van der Waals surface area contributed by atoms with E-state index < -0.39 is 11.6 Å². The lowest BCUT2D eigenvalue weighted by molar-refractivity contribution is 0.508. The topological polar surface area (TPSA) is 0 Å². The van der Waals surface area contributed by atoms with Crippen LogP contribution < -0.4 is 0 Å². The van der Waals surface area contributed by atoms with Gasteiger partial charge in [-0.25, -0.2) is 8.78 Å². The van der Waals surface area contributed by atoms with Crippen molar-refractivity contribution in [3.63, 3.8) is 0 Å². The molecule has 1 rings (SSSR count). The molecule has 0 amide bonds. The zero-order chi connectivity index (χ0) is 9.84. The maximum Gasteiger partial charge on any atom is 0.159 e. The number of allylic oxidation sites excluding steroid dienone is 1. The highest BCUT2D eigenvalue weighted by atomic mass is 79.9. The molecule has 0 N–H and O–H groups in total. The summed E-state index contributed by atoms with van der Waals surface area (Å²) in [7, 11) is 0. The Morgan fingerprint density at radius 1 is 1.38 bits per heavy atom. The maximum atomic E-state index is 12.7. The van der Waals surface area contributed by atoms with E-state index in [1.165, 1.54) is 6.07 Å². The van der Waals surface area contributed by atoms with Gasteiger partial charge in [-0.3, -0.25) is 0 Å². The number of alkyl halides is 1. The molecule has 0 atom stereocenters. The third kappa shape index (κ3) is 2.92. The quantitative estimate of drug-likeness (QED) is 0.698. The molecule has 0 radical (unpaired) electrons. The van der Waals surface area contributed by atoms with Crippen LogP contribution in [-0.2, 0) is 0 Å². The molecule has 0 heterocycles. The van der Waals surface area contributed by atoms with Crippen LogP contribution in [0.25, 0.3) is 6.08 Å². The van der Waals surface area contributed by atoms with Crippen LogP contribution in [0.15, 0.2) is 23.8 Å². The Kier molecular flexibility index (Phi) is 3.60. The molecule has 0 aliphatic carbocycles. The van der Waals surface area contributed by atoms with Crippen LogP contribution in [-0.4, -0.2) is 5.33 Å². The average molecular weight is 247 g/mol. The number of halogens is 3. The van der Waals surface area contributed by atoms with E-state index in [1.807, 2.05) is 6.92 Å². The highest BCUT2D eigenvalue weighted by Crippen LogP contribution is 2.12. The molecular weight excluding hydrogens is 238 g/mol. The summed E-state index contributed by atoms with van der Waals surface area (Å²) in [6.07, 6.45) is 1.80. The van der Waals surface area contributed by atoms with Crippen molar-refractivity contribution in [3.8, 4) is 0 Å². The summed E-state index contributed by atoms with van der Waals surface area (Å²) in [5, 5.41) is 0.728. The number of benzene rings is 1. The van der Waals surface area contributed by atoms with Crippen LogP contribution in [0.2, 0.25) is 0 Å². The summed E-state index contributed by atoms with van der Waals surface area (Å²) in [5.74, 6) is -1.62. The van der Waals surface area contributed by atoms with Gasteiger partial charge < -0.3 is 0 Å². The predicted molar refractivity (Wildman–Crippen MR) is 53.8 cm³/mol. The first-order valence-corrected chi connectivity index (χ1v) is 4.94. The van der Waals surface area contributed by atoms with Gasteiger partial charge in [0.25, 0.3) is 0 Å². The smallest absolute Gasteiger partial charge is 0.159 e. The minimum atomic E-state index is -0.811. The second-order valence-corrected chi connectivity index (χ2v) is 3.36. The summed E-state index contributed by atoms with van der Waals surface area (Å²) in [4.78, 5) is 0. The van der Waals surface area contributed by atoms with Crippen LogP contribution in [0, 0.1) is 11.6 Å². The SMILES string of the molecule is CC(=Cc1ccc(F)c(F)c1)CBr. The lowest BCUT2D eigenvalue weighted by Gasteiger charge is -1.97. The fraction of sp³-hybridized carbons (Fsp3) is 0.200. The first-order valence-electron chi connectivity index (χ1n) is 3.81. The summed E-state index contributed by atoms with van der Waals surface area (Å²) >= 11 is 3.27. The summed E-state index contributed by atoms with van der Waals surface area (Å²) in [6, 6.07) is 3.86. The van der Waals surface area contributed by atoms with Crippen molar-refractivity contribution < 1.29 is 8.78 Å². The lowest BCUT2D eigenvalue weighted by Crippen LogP contribution is -1.85. The molecule has 0 unspecified atom stereocenters. The number of hydrogen-bond donors (Lipinski definition) is 0. The van der Waals surface area contributed by atoms with E-state index in [0.29, 0.717) is 5.56 Å². The molecule has 13 heavy (non-hydrogen) atoms. The highest BCUT2D eigenvalue weighted by molar-refractivity contribution is 9.09. The van der Waals surface area contributed by atoms with Crippen molar-refractivity contribution in [2.75, 3.05) is 5.33 Å². The fourth-order valence-electron chi connectivity index (χ4n) is 0.925. The van der Waals surface area contributed by atoms with Crippen LogP contribution in [0.1, 0.15) is 12.5 Å². The molecule has 0 aliphatic rings. The molecule has 1 aromatic carbocycles. The Bertz CT molecular complexity index is 332. The third-order valence-electron chi connectivity index (χ3n) is 1.57. The fourth-order valence-corrected chi connectivity index (χ4v) is 1.09. The Morgan fingerprint density at radius 2 is 2.08 bits per heavy atom. The molecule has 0 nitrogen and oxygen atoms in total. The van der Waals surface area contributed by atoms with E-state index in [1.54, 1.807) is 12.1 Å². The van der Waals surface area contributed by atoms with Gasteiger partial charge in [-0.05, 0) is 24.6 Å². The third-order valence-corrected chi connectivity index (χ3v) is 2.45. The molecule has 0 bridgehead atoms. The normalized spacial score (nSPS) is 11.8. The molecule has 0 aliphatic heterocycles. The molecule has 70 valence electrons. The number of rotatable bonds is 2. The molecule has 0 fully saturated rings. The van der Waals surface area contributed by atoms with Crippen molar-refractivity contribution >= 4 is 22.0 Å². The first-order chi connectivity index (χ1) is 6.13. The second kappa shape index (κ2) is 4.51. The van der Waals surface area contributed by atoms with E-state index in [9.17, 15) is 8.78 Å². The van der Waals surface area contributed by atoms with Gasteiger partial charge in [-0.2, -0.15) is 0 Å². The Morgan fingerprint density at radius 3 is 2.62 bits per heavy atom. The van der Waals surface area contributed by atoms with E-state index >= 15 is 0 Å². The Balaban J connectivity index is 2.98. The van der Waals surface area contributed by atoms with E-state index in [4.69, 9.17) is 0 Å². The van der Waals surface area contributed by atoms with Gasteiger partial charge in [0.15, 0.2) is 11.6 Å². The molecule has 3 heteroatoms. The molecule has 0 saturated heterocycles. The van der Waals surface area contributed by atoms with Crippen molar-refractivity contribution in [1.29, 1.82) is 0 Å². The van der Waals surface area contributed by atoms with Crippen LogP contribution in [0.3, 0.4) is 0 Å². The van der Waals surface area contributed by atoms with Gasteiger partial charge >= 0.3 is 0 Å². The zero-order valence-corrected chi connectivity index (χ0v) is 8.74. The van der Waals surface area contributed by atoms with Gasteiger partial charge in [0.1, 0.15) is 0 Å². The van der Waals surface area contributed by atoms with Gasteiger partial charge in [-0.15, -0.1) is 0 Å². The van der Waals surface area contributed by atoms with Crippen LogP contribution >= 0.6 is 15.9 Å². The van der Waals surface area contributed by atoms with E-state index in [0.717, 1.165) is 17.0 Å². The number of hydrogen-bond acceptors (Lipinski definition) is 0. The van der Waals surface area contributed by atoms with Gasteiger partial charge in [-0.1, -0.05) is 33.6 Å². The van der Waals surface area contributed by atoms with Crippen molar-refractivity contribution in [3.05, 3.63) is 41.0 Å². The second-order valence-electron chi connectivity index (χ2n) is 2.80. The van der Waals surface area contributed by atoms with Gasteiger partial charge in [0.05, 0.1) is 0 Å². The summed E-state index contributed by atoms with van der Waals surface area (Å²) < 4.78 is 25.2. The predicted octanol–water partition coefficient (Wildman–Crippen LogP) is 3.76. The molecule has 0 spiro atoms. The van der Waals surface area contributed by atoms with Crippen molar-refractivity contribution in [2.45, 2.75) is 6.92 Å². The van der Waals surface area contributed by atoms with Crippen LogP contribution in [0.4, 0.5) is 8.78 Å². The van der Waals surface area contributed by atoms with Gasteiger partial charge in [0.2, 0.25) is 0 Å². The largest absolute Gasteiger partial charge is 0.204 e. The maximum absolute atomic E-state index is 12.7. The minimum Gasteiger partial charge on any atom is -0.204 e. The Hall–Kier alpha value is -0.700. The van der Waals surface area contributed by atoms with E-state index in [2.05, 4.69) is 15.9 Å². The zero-order valence-electron chi connectivity index (χ0n) is 7.15. The highest BCUT2D eigenvalue weighted by Gasteiger charge is 2.00. The Labute approximate surface area is 84.4 Å². The van der Waals surface area contributed by atoms with Crippen molar-refractivity contribution in [2.24, 2.45) is 0 Å². The van der Waals surface area contributed by atoms with Crippen molar-refractivity contribution in [1.82, 2.24) is 0 Å². The molecule has 0 saturated carbocycles. The average Bonchev–Trinajstić information content (AvgIpc) is 2.11. The lowest BCUT2D eigenvalue weighted by atomic mass is 10.1. The first kappa shape index (κ1) is 10.4. The standard InChI is InChI=1S/C10H9BrF2/c1-7(6-11)4-8-2-3-9(12)10(13)5-8/h2-5H,6H2,1H3. The molecule has 1 aromatic rings. The van der Waals surface area contributed by atoms with Gasteiger partial charge in [0, 0.05) is 5.33 Å². The van der Waals surface area contributed by atoms with E-state index in [-0.39, 0.29) is 0 Å².